The van der Waals surface area contributed by atoms with Crippen molar-refractivity contribution in [2.75, 3.05) is 13.1 Å². The van der Waals surface area contributed by atoms with E-state index in [1.807, 2.05) is 20.8 Å². The van der Waals surface area contributed by atoms with Crippen LogP contribution in [0.2, 0.25) is 0 Å². The van der Waals surface area contributed by atoms with E-state index in [2.05, 4.69) is 6.58 Å². The zero-order valence-corrected chi connectivity index (χ0v) is 10.4. The van der Waals surface area contributed by atoms with Crippen molar-refractivity contribution in [3.8, 4) is 0 Å². The van der Waals surface area contributed by atoms with E-state index in [0.717, 1.165) is 6.29 Å². The van der Waals surface area contributed by atoms with Crippen LogP contribution in [0.1, 0.15) is 33.6 Å². The van der Waals surface area contributed by atoms with Crippen LogP contribution in [-0.2, 0) is 9.53 Å². The third-order valence-electron chi connectivity index (χ3n) is 1.77. The third-order valence-corrected chi connectivity index (χ3v) is 1.77. The molecule has 92 valence electrons. The topological polar surface area (TPSA) is 46.6 Å². The lowest BCUT2D eigenvalue weighted by atomic mass is 10.2. The first-order chi connectivity index (χ1) is 7.40. The zero-order chi connectivity index (χ0) is 12.6. The molecule has 0 saturated carbocycles. The lowest BCUT2D eigenvalue weighted by molar-refractivity contribution is -0.108. The highest BCUT2D eigenvalue weighted by atomic mass is 16.6. The SMILES string of the molecule is C=CCCN(CCC=O)C(=O)OC(C)(C)C. The van der Waals surface area contributed by atoms with Gasteiger partial charge in [0.2, 0.25) is 0 Å². The molecule has 0 aliphatic heterocycles. The predicted octanol–water partition coefficient (Wildman–Crippen LogP) is 2.39. The van der Waals surface area contributed by atoms with E-state index < -0.39 is 5.60 Å². The summed E-state index contributed by atoms with van der Waals surface area (Å²) in [5.41, 5.74) is -0.509. The molecule has 0 bridgehead atoms. The summed E-state index contributed by atoms with van der Waals surface area (Å²) in [6.07, 6.45) is 3.18. The van der Waals surface area contributed by atoms with Gasteiger partial charge in [0, 0.05) is 19.5 Å². The quantitative estimate of drug-likeness (QED) is 0.517. The fourth-order valence-electron chi connectivity index (χ4n) is 1.08. The molecule has 4 nitrogen and oxygen atoms in total. The normalized spacial score (nSPS) is 10.7. The Morgan fingerprint density at radius 1 is 1.31 bits per heavy atom. The van der Waals surface area contributed by atoms with Gasteiger partial charge in [-0.25, -0.2) is 4.79 Å². The van der Waals surface area contributed by atoms with Gasteiger partial charge in [0.15, 0.2) is 0 Å². The van der Waals surface area contributed by atoms with Gasteiger partial charge in [-0.05, 0) is 27.2 Å². The van der Waals surface area contributed by atoms with Crippen LogP contribution in [0, 0.1) is 0 Å². The van der Waals surface area contributed by atoms with E-state index in [1.165, 1.54) is 4.90 Å². The van der Waals surface area contributed by atoms with Crippen LogP contribution in [0.25, 0.3) is 0 Å². The average molecular weight is 227 g/mol. The Morgan fingerprint density at radius 3 is 2.31 bits per heavy atom. The van der Waals surface area contributed by atoms with E-state index >= 15 is 0 Å². The standard InChI is InChI=1S/C12H21NO3/c1-5-6-8-13(9-7-10-14)11(15)16-12(2,3)4/h5,10H,1,6-9H2,2-4H3. The summed E-state index contributed by atoms with van der Waals surface area (Å²) in [6, 6.07) is 0. The maximum absolute atomic E-state index is 11.7. The van der Waals surface area contributed by atoms with Gasteiger partial charge >= 0.3 is 6.09 Å². The molecular formula is C12H21NO3. The molecule has 0 fully saturated rings. The molecule has 0 rings (SSSR count). The molecule has 0 N–H and O–H groups in total. The number of ether oxygens (including phenoxy) is 1. The van der Waals surface area contributed by atoms with Crippen molar-refractivity contribution in [2.45, 2.75) is 39.2 Å². The molecule has 0 aromatic heterocycles. The molecule has 0 aliphatic rings. The van der Waals surface area contributed by atoms with Gasteiger partial charge in [-0.15, -0.1) is 6.58 Å². The summed E-state index contributed by atoms with van der Waals surface area (Å²) < 4.78 is 5.23. The number of nitrogens with zero attached hydrogens (tertiary/aromatic N) is 1. The number of carbonyl (C=O) groups is 2. The Kier molecular flexibility index (Phi) is 6.46. The van der Waals surface area contributed by atoms with Crippen LogP contribution < -0.4 is 0 Å². The average Bonchev–Trinajstić information content (AvgIpc) is 2.15. The highest BCUT2D eigenvalue weighted by Crippen LogP contribution is 2.10. The minimum absolute atomic E-state index is 0.330. The second-order valence-electron chi connectivity index (χ2n) is 4.50. The molecule has 4 heteroatoms. The molecule has 0 aliphatic carbocycles. The summed E-state index contributed by atoms with van der Waals surface area (Å²) >= 11 is 0. The molecule has 0 radical (unpaired) electrons. The van der Waals surface area contributed by atoms with Crippen molar-refractivity contribution >= 4 is 12.4 Å². The van der Waals surface area contributed by atoms with Gasteiger partial charge in [0.1, 0.15) is 11.9 Å². The van der Waals surface area contributed by atoms with Crippen molar-refractivity contribution < 1.29 is 14.3 Å². The Bertz CT molecular complexity index is 231. The van der Waals surface area contributed by atoms with Gasteiger partial charge in [-0.2, -0.15) is 0 Å². The fourth-order valence-corrected chi connectivity index (χ4v) is 1.08. The summed E-state index contributed by atoms with van der Waals surface area (Å²) in [7, 11) is 0. The Hall–Kier alpha value is -1.32. The molecule has 0 unspecified atom stereocenters. The molecule has 0 spiro atoms. The van der Waals surface area contributed by atoms with E-state index in [4.69, 9.17) is 4.74 Å². The molecule has 16 heavy (non-hydrogen) atoms. The van der Waals surface area contributed by atoms with Crippen molar-refractivity contribution in [3.63, 3.8) is 0 Å². The highest BCUT2D eigenvalue weighted by molar-refractivity contribution is 5.68. The lowest BCUT2D eigenvalue weighted by Gasteiger charge is -2.26. The Morgan fingerprint density at radius 2 is 1.88 bits per heavy atom. The number of aldehydes is 1. The molecule has 0 heterocycles. The second-order valence-corrected chi connectivity index (χ2v) is 4.50. The number of amides is 1. The summed E-state index contributed by atoms with van der Waals surface area (Å²) in [5.74, 6) is 0. The van der Waals surface area contributed by atoms with Crippen molar-refractivity contribution in [3.05, 3.63) is 12.7 Å². The largest absolute Gasteiger partial charge is 0.444 e. The minimum Gasteiger partial charge on any atom is -0.444 e. The van der Waals surface area contributed by atoms with Crippen LogP contribution >= 0.6 is 0 Å². The van der Waals surface area contributed by atoms with Crippen molar-refractivity contribution in [1.29, 1.82) is 0 Å². The molecular weight excluding hydrogens is 206 g/mol. The van der Waals surface area contributed by atoms with Gasteiger partial charge in [0.25, 0.3) is 0 Å². The third kappa shape index (κ3) is 7.04. The van der Waals surface area contributed by atoms with E-state index in [1.54, 1.807) is 6.08 Å². The Balaban J connectivity index is 4.30. The number of carbonyl (C=O) groups excluding carboxylic acids is 2. The van der Waals surface area contributed by atoms with Crippen molar-refractivity contribution in [2.24, 2.45) is 0 Å². The molecule has 0 aromatic rings. The molecule has 0 saturated heterocycles. The van der Waals surface area contributed by atoms with Crippen LogP contribution in [0.15, 0.2) is 12.7 Å². The smallest absolute Gasteiger partial charge is 0.410 e. The number of rotatable bonds is 6. The minimum atomic E-state index is -0.509. The van der Waals surface area contributed by atoms with E-state index in [-0.39, 0.29) is 6.09 Å². The highest BCUT2D eigenvalue weighted by Gasteiger charge is 2.21. The van der Waals surface area contributed by atoms with Gasteiger partial charge in [-0.3, -0.25) is 0 Å². The van der Waals surface area contributed by atoms with Crippen LogP contribution in [-0.4, -0.2) is 36.0 Å². The first-order valence-corrected chi connectivity index (χ1v) is 5.43. The monoisotopic (exact) mass is 227 g/mol. The van der Waals surface area contributed by atoms with Gasteiger partial charge < -0.3 is 14.4 Å². The molecule has 1 amide bonds. The predicted molar refractivity (Wildman–Crippen MR) is 63.3 cm³/mol. The van der Waals surface area contributed by atoms with Crippen LogP contribution in [0.5, 0.6) is 0 Å². The first-order valence-electron chi connectivity index (χ1n) is 5.43. The zero-order valence-electron chi connectivity index (χ0n) is 10.4. The summed E-state index contributed by atoms with van der Waals surface area (Å²) in [6.45, 7) is 9.97. The van der Waals surface area contributed by atoms with E-state index in [0.29, 0.717) is 25.9 Å². The second kappa shape index (κ2) is 7.04. The van der Waals surface area contributed by atoms with Gasteiger partial charge in [0.05, 0.1) is 0 Å². The maximum atomic E-state index is 11.7. The van der Waals surface area contributed by atoms with Gasteiger partial charge in [-0.1, -0.05) is 6.08 Å². The number of hydrogen-bond donors (Lipinski definition) is 0. The van der Waals surface area contributed by atoms with E-state index in [9.17, 15) is 9.59 Å². The molecule has 0 atom stereocenters. The molecule has 0 aromatic carbocycles. The maximum Gasteiger partial charge on any atom is 0.410 e. The Labute approximate surface area is 97.3 Å². The lowest BCUT2D eigenvalue weighted by Crippen LogP contribution is -2.38. The number of hydrogen-bond acceptors (Lipinski definition) is 3. The van der Waals surface area contributed by atoms with Crippen molar-refractivity contribution in [1.82, 2.24) is 4.90 Å². The first kappa shape index (κ1) is 14.7. The summed E-state index contributed by atoms with van der Waals surface area (Å²) in [4.78, 5) is 23.5. The van der Waals surface area contributed by atoms with Crippen LogP contribution in [0.4, 0.5) is 4.79 Å². The fraction of sp³-hybridized carbons (Fsp3) is 0.667. The van der Waals surface area contributed by atoms with Crippen LogP contribution in [0.3, 0.4) is 0 Å². The summed E-state index contributed by atoms with van der Waals surface area (Å²) in [5, 5.41) is 0.